The highest BCUT2D eigenvalue weighted by molar-refractivity contribution is 6.08. The van der Waals surface area contributed by atoms with Gasteiger partial charge >= 0.3 is 0 Å². The van der Waals surface area contributed by atoms with Crippen LogP contribution in [0.3, 0.4) is 0 Å². The molecule has 1 N–H and O–H groups in total. The van der Waals surface area contributed by atoms with Crippen LogP contribution in [0.1, 0.15) is 12.5 Å². The largest absolute Gasteiger partial charge is 0.460 e. The van der Waals surface area contributed by atoms with E-state index < -0.39 is 0 Å². The minimum absolute atomic E-state index is 0.914. The summed E-state index contributed by atoms with van der Waals surface area (Å²) in [6.07, 6.45) is 2.81. The molecule has 0 radical (unpaired) electrons. The molecule has 0 atom stereocenters. The van der Waals surface area contributed by atoms with Crippen LogP contribution in [0.15, 0.2) is 34.9 Å². The maximum Gasteiger partial charge on any atom is 0.176 e. The Hall–Kier alpha value is -2.07. The fourth-order valence-electron chi connectivity index (χ4n) is 3.07. The average Bonchev–Trinajstić information content (AvgIpc) is 3.04. The van der Waals surface area contributed by atoms with Crippen molar-refractivity contribution in [1.82, 2.24) is 10.3 Å². The molecule has 21 heavy (non-hydrogen) atoms. The van der Waals surface area contributed by atoms with Crippen molar-refractivity contribution < 1.29 is 4.42 Å². The zero-order chi connectivity index (χ0) is 14.2. The van der Waals surface area contributed by atoms with E-state index >= 15 is 0 Å². The van der Waals surface area contributed by atoms with Crippen LogP contribution in [0.25, 0.3) is 21.9 Å². The second-order valence-corrected chi connectivity index (χ2v) is 5.54. The Bertz CT molecular complexity index is 787. The number of benzene rings is 1. The van der Waals surface area contributed by atoms with E-state index in [1.807, 2.05) is 0 Å². The molecule has 1 fully saturated rings. The van der Waals surface area contributed by atoms with Crippen LogP contribution in [-0.2, 0) is 6.42 Å². The number of fused-ring (bicyclic) bond motifs is 3. The van der Waals surface area contributed by atoms with Gasteiger partial charge in [0.2, 0.25) is 0 Å². The van der Waals surface area contributed by atoms with Gasteiger partial charge in [-0.25, -0.2) is 4.98 Å². The monoisotopic (exact) mass is 281 g/mol. The van der Waals surface area contributed by atoms with E-state index in [-0.39, 0.29) is 0 Å². The smallest absolute Gasteiger partial charge is 0.176 e. The highest BCUT2D eigenvalue weighted by Crippen LogP contribution is 2.32. The van der Waals surface area contributed by atoms with Crippen molar-refractivity contribution in [3.8, 4) is 0 Å². The molecule has 0 unspecified atom stereocenters. The highest BCUT2D eigenvalue weighted by atomic mass is 16.3. The molecule has 1 aliphatic heterocycles. The molecule has 0 saturated carbocycles. The van der Waals surface area contributed by atoms with Gasteiger partial charge in [-0.05, 0) is 30.2 Å². The third-order valence-corrected chi connectivity index (χ3v) is 4.27. The molecule has 1 aromatic carbocycles. The Balaban J connectivity index is 1.95. The average molecular weight is 281 g/mol. The maximum absolute atomic E-state index is 5.76. The number of nitrogens with one attached hydrogen (secondary N) is 1. The summed E-state index contributed by atoms with van der Waals surface area (Å²) in [5.74, 6) is 0.980. The van der Waals surface area contributed by atoms with Gasteiger partial charge in [-0.1, -0.05) is 13.0 Å². The molecule has 4 nitrogen and oxygen atoms in total. The lowest BCUT2D eigenvalue weighted by atomic mass is 10.1. The normalized spacial score (nSPS) is 16.0. The number of aryl methyl sites for hydroxylation is 1. The Labute approximate surface area is 123 Å². The number of hydrogen-bond acceptors (Lipinski definition) is 4. The number of nitrogens with zero attached hydrogens (tertiary/aromatic N) is 2. The van der Waals surface area contributed by atoms with Crippen molar-refractivity contribution in [2.24, 2.45) is 0 Å². The second-order valence-electron chi connectivity index (χ2n) is 5.54. The summed E-state index contributed by atoms with van der Waals surface area (Å²) in [6.45, 7) is 6.12. The molecule has 3 aromatic rings. The van der Waals surface area contributed by atoms with Crippen LogP contribution in [0.5, 0.6) is 0 Å². The van der Waals surface area contributed by atoms with Gasteiger partial charge < -0.3 is 14.6 Å². The van der Waals surface area contributed by atoms with Gasteiger partial charge in [0.1, 0.15) is 0 Å². The number of furan rings is 1. The third-order valence-electron chi connectivity index (χ3n) is 4.27. The molecule has 2 aromatic heterocycles. The van der Waals surface area contributed by atoms with Gasteiger partial charge in [0.05, 0.1) is 11.8 Å². The quantitative estimate of drug-likeness (QED) is 0.784. The van der Waals surface area contributed by atoms with E-state index in [1.54, 1.807) is 6.26 Å². The van der Waals surface area contributed by atoms with Crippen LogP contribution < -0.4 is 10.2 Å². The summed E-state index contributed by atoms with van der Waals surface area (Å²) >= 11 is 0. The van der Waals surface area contributed by atoms with E-state index in [0.717, 1.165) is 49.5 Å². The Morgan fingerprint density at radius 1 is 1.19 bits per heavy atom. The van der Waals surface area contributed by atoms with Crippen molar-refractivity contribution in [2.45, 2.75) is 13.3 Å². The molecule has 0 aliphatic carbocycles. The van der Waals surface area contributed by atoms with Gasteiger partial charge in [-0.2, -0.15) is 0 Å². The molecule has 4 rings (SSSR count). The number of aromatic nitrogens is 1. The van der Waals surface area contributed by atoms with Crippen LogP contribution in [-0.4, -0.2) is 31.2 Å². The zero-order valence-corrected chi connectivity index (χ0v) is 12.2. The Morgan fingerprint density at radius 2 is 2.05 bits per heavy atom. The Kier molecular flexibility index (Phi) is 3.04. The van der Waals surface area contributed by atoms with Gasteiger partial charge in [0.25, 0.3) is 0 Å². The topological polar surface area (TPSA) is 41.3 Å². The first kappa shape index (κ1) is 12.7. The summed E-state index contributed by atoms with van der Waals surface area (Å²) in [7, 11) is 0. The number of pyridine rings is 1. The molecule has 0 spiro atoms. The minimum Gasteiger partial charge on any atom is -0.460 e. The van der Waals surface area contributed by atoms with Crippen molar-refractivity contribution in [3.05, 3.63) is 36.1 Å². The molecule has 4 heteroatoms. The van der Waals surface area contributed by atoms with Crippen LogP contribution in [0.2, 0.25) is 0 Å². The summed E-state index contributed by atoms with van der Waals surface area (Å²) in [6, 6.07) is 8.60. The summed E-state index contributed by atoms with van der Waals surface area (Å²) in [5.41, 5.74) is 3.30. The van der Waals surface area contributed by atoms with Crippen molar-refractivity contribution >= 4 is 27.7 Å². The highest BCUT2D eigenvalue weighted by Gasteiger charge is 2.18. The lowest BCUT2D eigenvalue weighted by Gasteiger charge is -2.28. The van der Waals surface area contributed by atoms with Gasteiger partial charge in [-0.3, -0.25) is 0 Å². The predicted molar refractivity (Wildman–Crippen MR) is 86.0 cm³/mol. The minimum atomic E-state index is 0.914. The molecular formula is C17H19N3O. The second kappa shape index (κ2) is 5.04. The first-order chi connectivity index (χ1) is 10.4. The summed E-state index contributed by atoms with van der Waals surface area (Å²) in [4.78, 5) is 7.19. The van der Waals surface area contributed by atoms with Crippen LogP contribution in [0, 0.1) is 0 Å². The molecule has 0 bridgehead atoms. The molecule has 1 saturated heterocycles. The van der Waals surface area contributed by atoms with E-state index in [0.29, 0.717) is 0 Å². The van der Waals surface area contributed by atoms with Gasteiger partial charge in [0.15, 0.2) is 11.4 Å². The fraction of sp³-hybridized carbons (Fsp3) is 0.353. The van der Waals surface area contributed by atoms with Gasteiger partial charge in [0, 0.05) is 37.0 Å². The number of piperazine rings is 1. The first-order valence-electron chi connectivity index (χ1n) is 7.62. The van der Waals surface area contributed by atoms with E-state index in [4.69, 9.17) is 9.40 Å². The summed E-state index contributed by atoms with van der Waals surface area (Å²) in [5, 5.41) is 5.74. The molecule has 108 valence electrons. The van der Waals surface area contributed by atoms with E-state index in [2.05, 4.69) is 41.4 Å². The summed E-state index contributed by atoms with van der Waals surface area (Å²) < 4.78 is 5.76. The predicted octanol–water partition coefficient (Wildman–Crippen LogP) is 2.95. The third kappa shape index (κ3) is 2.07. The fourth-order valence-corrected chi connectivity index (χ4v) is 3.07. The standard InChI is InChI=1S/C17H19N3O/c1-2-12-3-4-15-14(11-12)13-5-10-21-16(13)17(19-15)20-8-6-18-7-9-20/h3-5,10-11,18H,2,6-9H2,1H3. The molecule has 3 heterocycles. The number of rotatable bonds is 2. The zero-order valence-electron chi connectivity index (χ0n) is 12.2. The molecule has 0 amide bonds. The molecular weight excluding hydrogens is 262 g/mol. The Morgan fingerprint density at radius 3 is 2.86 bits per heavy atom. The van der Waals surface area contributed by atoms with Crippen molar-refractivity contribution in [1.29, 1.82) is 0 Å². The van der Waals surface area contributed by atoms with E-state index in [1.165, 1.54) is 16.3 Å². The lowest BCUT2D eigenvalue weighted by Crippen LogP contribution is -2.43. The van der Waals surface area contributed by atoms with Crippen LogP contribution >= 0.6 is 0 Å². The van der Waals surface area contributed by atoms with Gasteiger partial charge in [-0.15, -0.1) is 0 Å². The first-order valence-corrected chi connectivity index (χ1v) is 7.62. The lowest BCUT2D eigenvalue weighted by molar-refractivity contribution is 0.574. The van der Waals surface area contributed by atoms with E-state index in [9.17, 15) is 0 Å². The van der Waals surface area contributed by atoms with Crippen molar-refractivity contribution in [3.63, 3.8) is 0 Å². The number of hydrogen-bond donors (Lipinski definition) is 1. The maximum atomic E-state index is 5.76. The van der Waals surface area contributed by atoms with Crippen LogP contribution in [0.4, 0.5) is 5.82 Å². The molecule has 1 aliphatic rings. The number of anilines is 1. The van der Waals surface area contributed by atoms with Crippen molar-refractivity contribution in [2.75, 3.05) is 31.1 Å². The SMILES string of the molecule is CCc1ccc2nc(N3CCNCC3)c3occc3c2c1.